The molecule has 0 fully saturated rings. The third-order valence-corrected chi connectivity index (χ3v) is 2.78. The highest BCUT2D eigenvalue weighted by Gasteiger charge is 2.17. The summed E-state index contributed by atoms with van der Waals surface area (Å²) in [5.41, 5.74) is 5.71. The average Bonchev–Trinajstić information content (AvgIpc) is 2.41. The minimum atomic E-state index is -0.895. The molecule has 2 aromatic rings. The summed E-state index contributed by atoms with van der Waals surface area (Å²) in [6, 6.07) is 9.20. The summed E-state index contributed by atoms with van der Waals surface area (Å²) in [6.07, 6.45) is 1.09. The van der Waals surface area contributed by atoms with Crippen molar-refractivity contribution >= 4 is 17.5 Å². The van der Waals surface area contributed by atoms with E-state index >= 15 is 0 Å². The molecule has 0 bridgehead atoms. The number of rotatable bonds is 4. The van der Waals surface area contributed by atoms with Gasteiger partial charge in [-0.1, -0.05) is 41.9 Å². The van der Waals surface area contributed by atoms with Crippen molar-refractivity contribution in [1.29, 1.82) is 0 Å². The number of hydrogen-bond donors (Lipinski definition) is 1. The summed E-state index contributed by atoms with van der Waals surface area (Å²) >= 11 is 5.68. The molecular formula is C13H10ClFN2O2. The molecule has 6 heteroatoms. The molecule has 0 unspecified atom stereocenters. The van der Waals surface area contributed by atoms with E-state index in [2.05, 4.69) is 4.98 Å². The lowest BCUT2D eigenvalue weighted by Gasteiger charge is -2.08. The van der Waals surface area contributed by atoms with E-state index in [0.29, 0.717) is 0 Å². The molecule has 4 nitrogen and oxygen atoms in total. The highest BCUT2D eigenvalue weighted by Crippen LogP contribution is 2.26. The number of aromatic nitrogens is 1. The van der Waals surface area contributed by atoms with Crippen LogP contribution in [0.4, 0.5) is 4.39 Å². The van der Waals surface area contributed by atoms with Gasteiger partial charge in [-0.2, -0.15) is 4.39 Å². The SMILES string of the molecule is NC(=O)c1cnc(OCc2ccccc2)c(F)c1Cl. The van der Waals surface area contributed by atoms with E-state index in [1.54, 1.807) is 0 Å². The number of amides is 1. The summed E-state index contributed by atoms with van der Waals surface area (Å²) < 4.78 is 19.0. The normalized spacial score (nSPS) is 10.2. The second-order valence-electron chi connectivity index (χ2n) is 3.74. The zero-order valence-corrected chi connectivity index (χ0v) is 10.5. The van der Waals surface area contributed by atoms with Gasteiger partial charge in [0, 0.05) is 6.20 Å². The Balaban J connectivity index is 2.18. The fourth-order valence-electron chi connectivity index (χ4n) is 1.45. The maximum Gasteiger partial charge on any atom is 0.252 e. The molecule has 1 aromatic carbocycles. The molecule has 0 aliphatic carbocycles. The van der Waals surface area contributed by atoms with Crippen LogP contribution >= 0.6 is 11.6 Å². The topological polar surface area (TPSA) is 65.2 Å². The molecule has 0 aliphatic heterocycles. The molecule has 0 aliphatic rings. The Kier molecular flexibility index (Phi) is 3.97. The summed E-state index contributed by atoms with van der Waals surface area (Å²) in [7, 11) is 0. The van der Waals surface area contributed by atoms with Crippen molar-refractivity contribution in [3.05, 3.63) is 58.5 Å². The lowest BCUT2D eigenvalue weighted by Crippen LogP contribution is -2.13. The third kappa shape index (κ3) is 3.00. The lowest BCUT2D eigenvalue weighted by molar-refractivity contribution is 0.0999. The zero-order chi connectivity index (χ0) is 13.8. The predicted octanol–water partition coefficient (Wildman–Crippen LogP) is 2.55. The molecule has 1 aromatic heterocycles. The van der Waals surface area contributed by atoms with E-state index in [4.69, 9.17) is 22.1 Å². The molecule has 2 N–H and O–H groups in total. The maximum atomic E-state index is 13.8. The number of benzene rings is 1. The molecule has 1 heterocycles. The molecular weight excluding hydrogens is 271 g/mol. The number of carbonyl (C=O) groups excluding carboxylic acids is 1. The van der Waals surface area contributed by atoms with Crippen LogP contribution in [-0.4, -0.2) is 10.9 Å². The Labute approximate surface area is 114 Å². The van der Waals surface area contributed by atoms with Crippen LogP contribution in [0.1, 0.15) is 15.9 Å². The van der Waals surface area contributed by atoms with Gasteiger partial charge >= 0.3 is 0 Å². The first-order valence-corrected chi connectivity index (χ1v) is 5.78. The molecule has 0 saturated carbocycles. The monoisotopic (exact) mass is 280 g/mol. The van der Waals surface area contributed by atoms with E-state index in [1.165, 1.54) is 0 Å². The average molecular weight is 281 g/mol. The molecule has 0 atom stereocenters. The first-order valence-electron chi connectivity index (χ1n) is 5.40. The minimum absolute atomic E-state index is 0.150. The number of carbonyl (C=O) groups is 1. The van der Waals surface area contributed by atoms with Crippen molar-refractivity contribution in [2.75, 3.05) is 0 Å². The van der Waals surface area contributed by atoms with E-state index in [9.17, 15) is 9.18 Å². The second kappa shape index (κ2) is 5.67. The van der Waals surface area contributed by atoms with E-state index in [-0.39, 0.29) is 23.1 Å². The fraction of sp³-hybridized carbons (Fsp3) is 0.0769. The lowest BCUT2D eigenvalue weighted by atomic mass is 10.2. The largest absolute Gasteiger partial charge is 0.471 e. The van der Waals surface area contributed by atoms with Crippen LogP contribution in [0.2, 0.25) is 5.02 Å². The van der Waals surface area contributed by atoms with E-state index in [0.717, 1.165) is 11.8 Å². The highest BCUT2D eigenvalue weighted by atomic mass is 35.5. The number of halogens is 2. The van der Waals surface area contributed by atoms with Gasteiger partial charge in [0.15, 0.2) is 0 Å². The Morgan fingerprint density at radius 1 is 1.37 bits per heavy atom. The van der Waals surface area contributed by atoms with Crippen LogP contribution < -0.4 is 10.5 Å². The Hall–Kier alpha value is -2.14. The van der Waals surface area contributed by atoms with Gasteiger partial charge in [-0.3, -0.25) is 4.79 Å². The molecule has 2 rings (SSSR count). The third-order valence-electron chi connectivity index (χ3n) is 2.41. The van der Waals surface area contributed by atoms with Crippen molar-refractivity contribution < 1.29 is 13.9 Å². The van der Waals surface area contributed by atoms with Gasteiger partial charge in [-0.15, -0.1) is 0 Å². The van der Waals surface area contributed by atoms with E-state index in [1.807, 2.05) is 30.3 Å². The van der Waals surface area contributed by atoms with Gasteiger partial charge in [0.1, 0.15) is 6.61 Å². The zero-order valence-electron chi connectivity index (χ0n) is 9.77. The first-order chi connectivity index (χ1) is 9.09. The van der Waals surface area contributed by atoms with Crippen LogP contribution in [-0.2, 0) is 6.61 Å². The van der Waals surface area contributed by atoms with Crippen molar-refractivity contribution in [2.45, 2.75) is 6.61 Å². The molecule has 0 spiro atoms. The van der Waals surface area contributed by atoms with E-state index < -0.39 is 11.7 Å². The minimum Gasteiger partial charge on any atom is -0.471 e. The van der Waals surface area contributed by atoms with Gasteiger partial charge in [0.25, 0.3) is 11.8 Å². The van der Waals surface area contributed by atoms with Crippen LogP contribution in [0.25, 0.3) is 0 Å². The number of primary amides is 1. The maximum absolute atomic E-state index is 13.8. The van der Waals surface area contributed by atoms with Crippen LogP contribution in [0.3, 0.4) is 0 Å². The predicted molar refractivity (Wildman–Crippen MR) is 68.5 cm³/mol. The van der Waals surface area contributed by atoms with Crippen LogP contribution in [0.5, 0.6) is 5.88 Å². The number of hydrogen-bond acceptors (Lipinski definition) is 3. The first kappa shape index (κ1) is 13.3. The summed E-state index contributed by atoms with van der Waals surface area (Å²) in [5.74, 6) is -2.00. The van der Waals surface area contributed by atoms with Gasteiger partial charge in [-0.25, -0.2) is 4.98 Å². The molecule has 98 valence electrons. The Morgan fingerprint density at radius 3 is 2.68 bits per heavy atom. The molecule has 0 saturated heterocycles. The second-order valence-corrected chi connectivity index (χ2v) is 4.12. The number of pyridine rings is 1. The quantitative estimate of drug-likeness (QED) is 0.936. The van der Waals surface area contributed by atoms with Crippen LogP contribution in [0.15, 0.2) is 36.5 Å². The molecule has 0 radical (unpaired) electrons. The van der Waals surface area contributed by atoms with Crippen LogP contribution in [0, 0.1) is 5.82 Å². The summed E-state index contributed by atoms with van der Waals surface area (Å²) in [4.78, 5) is 14.6. The standard InChI is InChI=1S/C13H10ClFN2O2/c14-10-9(12(16)18)6-17-13(11(10)15)19-7-8-4-2-1-3-5-8/h1-6H,7H2,(H2,16,18). The Bertz CT molecular complexity index is 605. The number of ether oxygens (including phenoxy) is 1. The van der Waals surface area contributed by atoms with Gasteiger partial charge in [0.2, 0.25) is 5.82 Å². The Morgan fingerprint density at radius 2 is 2.05 bits per heavy atom. The number of nitrogens with two attached hydrogens (primary N) is 1. The van der Waals surface area contributed by atoms with Crippen molar-refractivity contribution in [1.82, 2.24) is 4.98 Å². The van der Waals surface area contributed by atoms with Gasteiger partial charge in [0.05, 0.1) is 10.6 Å². The van der Waals surface area contributed by atoms with Crippen molar-refractivity contribution in [3.8, 4) is 5.88 Å². The summed E-state index contributed by atoms with van der Waals surface area (Å²) in [6.45, 7) is 0.150. The van der Waals surface area contributed by atoms with Gasteiger partial charge in [-0.05, 0) is 5.56 Å². The smallest absolute Gasteiger partial charge is 0.252 e. The van der Waals surface area contributed by atoms with Gasteiger partial charge < -0.3 is 10.5 Å². The van der Waals surface area contributed by atoms with Crippen molar-refractivity contribution in [2.24, 2.45) is 5.73 Å². The highest BCUT2D eigenvalue weighted by molar-refractivity contribution is 6.34. The summed E-state index contributed by atoms with van der Waals surface area (Å²) in [5, 5.41) is -0.384. The number of nitrogens with zero attached hydrogens (tertiary/aromatic N) is 1. The van der Waals surface area contributed by atoms with Crippen molar-refractivity contribution in [3.63, 3.8) is 0 Å². The molecule has 19 heavy (non-hydrogen) atoms. The molecule has 1 amide bonds. The fourth-order valence-corrected chi connectivity index (χ4v) is 1.67.